The number of para-hydroxylation sites is 1. The zero-order valence-corrected chi connectivity index (χ0v) is 16.6. The second kappa shape index (κ2) is 7.79. The monoisotopic (exact) mass is 400 g/mol. The lowest BCUT2D eigenvalue weighted by molar-refractivity contribution is -0.122. The van der Waals surface area contributed by atoms with Crippen molar-refractivity contribution in [1.29, 1.82) is 0 Å². The molecule has 0 radical (unpaired) electrons. The number of amides is 4. The van der Waals surface area contributed by atoms with E-state index in [-0.39, 0.29) is 5.57 Å². The van der Waals surface area contributed by atoms with Crippen LogP contribution in [0.1, 0.15) is 30.9 Å². The van der Waals surface area contributed by atoms with E-state index in [9.17, 15) is 14.4 Å². The minimum Gasteiger partial charge on any atom is -0.273 e. The van der Waals surface area contributed by atoms with Gasteiger partial charge in [0, 0.05) is 11.8 Å². The van der Waals surface area contributed by atoms with E-state index in [0.717, 1.165) is 16.2 Å². The molecular formula is C23H20N4O3. The first-order chi connectivity index (χ1) is 14.4. The van der Waals surface area contributed by atoms with Gasteiger partial charge in [0.15, 0.2) is 0 Å². The molecule has 2 heterocycles. The average Bonchev–Trinajstić information content (AvgIpc) is 3.21. The van der Waals surface area contributed by atoms with Crippen LogP contribution in [-0.4, -0.2) is 27.6 Å². The molecule has 7 nitrogen and oxygen atoms in total. The number of anilines is 1. The van der Waals surface area contributed by atoms with Crippen LogP contribution in [0.4, 0.5) is 10.5 Å². The Hall–Kier alpha value is -4.00. The zero-order valence-electron chi connectivity index (χ0n) is 16.6. The molecule has 2 aromatic carbocycles. The van der Waals surface area contributed by atoms with Gasteiger partial charge in [-0.15, -0.1) is 0 Å². The van der Waals surface area contributed by atoms with Crippen molar-refractivity contribution < 1.29 is 14.4 Å². The van der Waals surface area contributed by atoms with Crippen LogP contribution in [0.3, 0.4) is 0 Å². The SMILES string of the molecule is CC(C)c1ccc(N2C(=O)NC(=O)/C(=C/c3cnn(-c4ccccc4)c3)C2=O)cc1. The van der Waals surface area contributed by atoms with Gasteiger partial charge >= 0.3 is 6.03 Å². The maximum Gasteiger partial charge on any atom is 0.335 e. The molecule has 150 valence electrons. The van der Waals surface area contributed by atoms with Crippen LogP contribution in [0.5, 0.6) is 0 Å². The summed E-state index contributed by atoms with van der Waals surface area (Å²) in [5, 5.41) is 6.51. The van der Waals surface area contributed by atoms with Gasteiger partial charge in [-0.25, -0.2) is 14.4 Å². The van der Waals surface area contributed by atoms with Gasteiger partial charge in [-0.2, -0.15) is 5.10 Å². The van der Waals surface area contributed by atoms with Gasteiger partial charge in [0.1, 0.15) is 5.57 Å². The number of imide groups is 2. The highest BCUT2D eigenvalue weighted by molar-refractivity contribution is 6.39. The third kappa shape index (κ3) is 3.65. The molecule has 0 unspecified atom stereocenters. The zero-order chi connectivity index (χ0) is 21.3. The number of barbiturate groups is 1. The van der Waals surface area contributed by atoms with Crippen LogP contribution in [0.15, 0.2) is 72.6 Å². The van der Waals surface area contributed by atoms with Crippen molar-refractivity contribution in [3.63, 3.8) is 0 Å². The van der Waals surface area contributed by atoms with E-state index < -0.39 is 17.8 Å². The molecule has 7 heteroatoms. The third-order valence-corrected chi connectivity index (χ3v) is 4.85. The summed E-state index contributed by atoms with van der Waals surface area (Å²) >= 11 is 0. The highest BCUT2D eigenvalue weighted by Crippen LogP contribution is 2.24. The second-order valence-corrected chi connectivity index (χ2v) is 7.26. The van der Waals surface area contributed by atoms with Crippen molar-refractivity contribution in [3.05, 3.63) is 83.7 Å². The minimum absolute atomic E-state index is 0.129. The number of urea groups is 1. The predicted octanol–water partition coefficient (Wildman–Crippen LogP) is 3.66. The molecule has 0 atom stereocenters. The van der Waals surface area contributed by atoms with Crippen LogP contribution in [-0.2, 0) is 9.59 Å². The van der Waals surface area contributed by atoms with Crippen molar-refractivity contribution in [2.24, 2.45) is 0 Å². The number of aromatic nitrogens is 2. The standard InChI is InChI=1S/C23H20N4O3/c1-15(2)17-8-10-19(11-9-17)27-22(29)20(21(28)25-23(27)30)12-16-13-24-26(14-16)18-6-4-3-5-7-18/h3-15H,1-2H3,(H,25,28,30)/b20-12-. The van der Waals surface area contributed by atoms with Crippen molar-refractivity contribution >= 4 is 29.6 Å². The third-order valence-electron chi connectivity index (χ3n) is 4.85. The Balaban J connectivity index is 1.65. The maximum absolute atomic E-state index is 13.0. The van der Waals surface area contributed by atoms with E-state index in [2.05, 4.69) is 24.3 Å². The summed E-state index contributed by atoms with van der Waals surface area (Å²) in [4.78, 5) is 38.7. The van der Waals surface area contributed by atoms with Gasteiger partial charge in [0.2, 0.25) is 0 Å². The summed E-state index contributed by atoms with van der Waals surface area (Å²) in [6.07, 6.45) is 4.70. The Kier molecular flexibility index (Phi) is 5.02. The lowest BCUT2D eigenvalue weighted by atomic mass is 10.0. The number of hydrogen-bond acceptors (Lipinski definition) is 4. The summed E-state index contributed by atoms with van der Waals surface area (Å²) in [6.45, 7) is 4.12. The number of benzene rings is 2. The van der Waals surface area contributed by atoms with Gasteiger partial charge in [0.05, 0.1) is 17.6 Å². The molecule has 4 rings (SSSR count). The molecule has 1 aliphatic heterocycles. The lowest BCUT2D eigenvalue weighted by Gasteiger charge is -2.26. The molecule has 30 heavy (non-hydrogen) atoms. The Morgan fingerprint density at radius 1 is 0.933 bits per heavy atom. The Bertz CT molecular complexity index is 1140. The molecule has 4 amide bonds. The maximum atomic E-state index is 13.0. The Labute approximate surface area is 173 Å². The van der Waals surface area contributed by atoms with Gasteiger partial charge in [0.25, 0.3) is 11.8 Å². The van der Waals surface area contributed by atoms with Crippen LogP contribution >= 0.6 is 0 Å². The van der Waals surface area contributed by atoms with Crippen LogP contribution < -0.4 is 10.2 Å². The van der Waals surface area contributed by atoms with Gasteiger partial charge in [-0.05, 0) is 41.8 Å². The summed E-state index contributed by atoms with van der Waals surface area (Å²) in [5.41, 5.74) is 2.78. The first-order valence-electron chi connectivity index (χ1n) is 9.55. The molecule has 1 aromatic heterocycles. The van der Waals surface area contributed by atoms with Crippen molar-refractivity contribution in [1.82, 2.24) is 15.1 Å². The van der Waals surface area contributed by atoms with E-state index in [0.29, 0.717) is 17.2 Å². The van der Waals surface area contributed by atoms with Crippen LogP contribution in [0.2, 0.25) is 0 Å². The largest absolute Gasteiger partial charge is 0.335 e. The molecule has 1 N–H and O–H groups in total. The normalized spacial score (nSPS) is 15.8. The lowest BCUT2D eigenvalue weighted by Crippen LogP contribution is -2.54. The highest BCUT2D eigenvalue weighted by Gasteiger charge is 2.36. The fourth-order valence-electron chi connectivity index (χ4n) is 3.20. The van der Waals surface area contributed by atoms with E-state index in [4.69, 9.17) is 0 Å². The van der Waals surface area contributed by atoms with Gasteiger partial charge < -0.3 is 0 Å². The van der Waals surface area contributed by atoms with Crippen molar-refractivity contribution in [2.45, 2.75) is 19.8 Å². The quantitative estimate of drug-likeness (QED) is 0.535. The number of carbonyl (C=O) groups excluding carboxylic acids is 3. The van der Waals surface area contributed by atoms with Crippen LogP contribution in [0, 0.1) is 0 Å². The van der Waals surface area contributed by atoms with Crippen molar-refractivity contribution in [2.75, 3.05) is 4.90 Å². The first-order valence-corrected chi connectivity index (χ1v) is 9.55. The molecule has 1 aliphatic rings. The van der Waals surface area contributed by atoms with E-state index in [1.165, 1.54) is 6.08 Å². The number of nitrogens with one attached hydrogen (secondary N) is 1. The first kappa shape index (κ1) is 19.3. The van der Waals surface area contributed by atoms with Crippen LogP contribution in [0.25, 0.3) is 11.8 Å². The summed E-state index contributed by atoms with van der Waals surface area (Å²) in [6, 6.07) is 15.8. The number of nitrogens with zero attached hydrogens (tertiary/aromatic N) is 3. The van der Waals surface area contributed by atoms with E-state index >= 15 is 0 Å². The minimum atomic E-state index is -0.764. The topological polar surface area (TPSA) is 84.3 Å². The molecule has 1 saturated heterocycles. The molecule has 0 aliphatic carbocycles. The number of hydrogen-bond donors (Lipinski definition) is 1. The number of rotatable bonds is 4. The van der Waals surface area contributed by atoms with E-state index in [1.54, 1.807) is 29.2 Å². The van der Waals surface area contributed by atoms with Gasteiger partial charge in [-0.3, -0.25) is 14.9 Å². The predicted molar refractivity (Wildman–Crippen MR) is 113 cm³/mol. The fraction of sp³-hybridized carbons (Fsp3) is 0.130. The molecular weight excluding hydrogens is 380 g/mol. The highest BCUT2D eigenvalue weighted by atomic mass is 16.2. The molecule has 0 bridgehead atoms. The van der Waals surface area contributed by atoms with Crippen molar-refractivity contribution in [3.8, 4) is 5.69 Å². The van der Waals surface area contributed by atoms with E-state index in [1.807, 2.05) is 42.5 Å². The van der Waals surface area contributed by atoms with Gasteiger partial charge in [-0.1, -0.05) is 44.2 Å². The summed E-state index contributed by atoms with van der Waals surface area (Å²) in [7, 11) is 0. The Morgan fingerprint density at radius 3 is 2.30 bits per heavy atom. The number of carbonyl (C=O) groups is 3. The average molecular weight is 400 g/mol. The molecule has 0 saturated carbocycles. The molecule has 0 spiro atoms. The summed E-state index contributed by atoms with van der Waals surface area (Å²) < 4.78 is 1.64. The molecule has 1 fully saturated rings. The smallest absolute Gasteiger partial charge is 0.273 e. The fourth-order valence-corrected chi connectivity index (χ4v) is 3.20. The Morgan fingerprint density at radius 2 is 1.63 bits per heavy atom. The summed E-state index contributed by atoms with van der Waals surface area (Å²) in [5.74, 6) is -1.08. The second-order valence-electron chi connectivity index (χ2n) is 7.26. The molecule has 3 aromatic rings.